The standard InChI is InChI=1S/C25H37N3O4/c1-19(12-13-20-8-4-3-5-9-20)26-25(31)24(21-10-6-7-11-21)28-16-14-27(15-17-28)22(29)18-23(30)32-2/h3-5,8-9,19,21,24H,6-7,10-18H2,1-2H3,(H,26,31). The summed E-state index contributed by atoms with van der Waals surface area (Å²) in [6.07, 6.45) is 6.14. The van der Waals surface area contributed by atoms with E-state index in [0.29, 0.717) is 32.1 Å². The second kappa shape index (κ2) is 12.0. The summed E-state index contributed by atoms with van der Waals surface area (Å²) in [5, 5.41) is 3.27. The number of benzene rings is 1. The van der Waals surface area contributed by atoms with Crippen LogP contribution in [0.2, 0.25) is 0 Å². The lowest BCUT2D eigenvalue weighted by Gasteiger charge is -2.41. The number of nitrogens with one attached hydrogen (secondary N) is 1. The first-order chi connectivity index (χ1) is 15.5. The van der Waals surface area contributed by atoms with E-state index in [2.05, 4.69) is 34.0 Å². The number of carbonyl (C=O) groups is 3. The molecule has 0 aromatic heterocycles. The molecule has 7 nitrogen and oxygen atoms in total. The quantitative estimate of drug-likeness (QED) is 0.468. The lowest BCUT2D eigenvalue weighted by atomic mass is 9.94. The molecule has 1 aromatic carbocycles. The number of nitrogens with zero attached hydrogens (tertiary/aromatic N) is 2. The number of hydrogen-bond acceptors (Lipinski definition) is 5. The zero-order chi connectivity index (χ0) is 22.9. The van der Waals surface area contributed by atoms with Crippen LogP contribution in [0.15, 0.2) is 30.3 Å². The van der Waals surface area contributed by atoms with Crippen molar-refractivity contribution in [2.24, 2.45) is 5.92 Å². The van der Waals surface area contributed by atoms with Gasteiger partial charge in [-0.15, -0.1) is 0 Å². The highest BCUT2D eigenvalue weighted by Crippen LogP contribution is 2.31. The maximum absolute atomic E-state index is 13.4. The van der Waals surface area contributed by atoms with E-state index < -0.39 is 5.97 Å². The van der Waals surface area contributed by atoms with Gasteiger partial charge in [0.1, 0.15) is 6.42 Å². The van der Waals surface area contributed by atoms with Crippen molar-refractivity contribution in [3.05, 3.63) is 35.9 Å². The molecule has 32 heavy (non-hydrogen) atoms. The van der Waals surface area contributed by atoms with Crippen molar-refractivity contribution in [2.45, 2.75) is 64.0 Å². The Labute approximate surface area is 191 Å². The summed E-state index contributed by atoms with van der Waals surface area (Å²) < 4.78 is 4.61. The molecule has 1 aliphatic heterocycles. The fraction of sp³-hybridized carbons (Fsp3) is 0.640. The minimum atomic E-state index is -0.509. The van der Waals surface area contributed by atoms with E-state index >= 15 is 0 Å². The lowest BCUT2D eigenvalue weighted by Crippen LogP contribution is -2.58. The van der Waals surface area contributed by atoms with Gasteiger partial charge in [0.15, 0.2) is 0 Å². The Bertz CT molecular complexity index is 756. The van der Waals surface area contributed by atoms with Gasteiger partial charge in [0.2, 0.25) is 11.8 Å². The summed E-state index contributed by atoms with van der Waals surface area (Å²) in [6, 6.07) is 10.3. The maximum Gasteiger partial charge on any atom is 0.315 e. The largest absolute Gasteiger partial charge is 0.469 e. The first-order valence-corrected chi connectivity index (χ1v) is 11.9. The molecule has 1 heterocycles. The minimum Gasteiger partial charge on any atom is -0.469 e. The molecule has 2 unspecified atom stereocenters. The molecule has 0 radical (unpaired) electrons. The van der Waals surface area contributed by atoms with Gasteiger partial charge in [-0.3, -0.25) is 19.3 Å². The highest BCUT2D eigenvalue weighted by molar-refractivity contribution is 5.94. The van der Waals surface area contributed by atoms with Crippen molar-refractivity contribution in [3.8, 4) is 0 Å². The Kier molecular flexibility index (Phi) is 9.09. The molecule has 0 spiro atoms. The predicted octanol–water partition coefficient (Wildman–Crippen LogP) is 2.39. The summed E-state index contributed by atoms with van der Waals surface area (Å²) in [5.41, 5.74) is 1.29. The van der Waals surface area contributed by atoms with Crippen LogP contribution >= 0.6 is 0 Å². The van der Waals surface area contributed by atoms with Crippen LogP contribution in [0.3, 0.4) is 0 Å². The molecule has 0 bridgehead atoms. The number of aryl methyl sites for hydroxylation is 1. The Balaban J connectivity index is 1.55. The molecule has 2 fully saturated rings. The van der Waals surface area contributed by atoms with Crippen molar-refractivity contribution >= 4 is 17.8 Å². The van der Waals surface area contributed by atoms with Gasteiger partial charge in [0.05, 0.1) is 13.2 Å². The third-order valence-electron chi connectivity index (χ3n) is 6.80. The van der Waals surface area contributed by atoms with Crippen LogP contribution < -0.4 is 5.32 Å². The van der Waals surface area contributed by atoms with Crippen molar-refractivity contribution in [1.82, 2.24) is 15.1 Å². The number of hydrogen-bond donors (Lipinski definition) is 1. The highest BCUT2D eigenvalue weighted by Gasteiger charge is 2.37. The Morgan fingerprint density at radius 3 is 2.34 bits per heavy atom. The molecule has 176 valence electrons. The van der Waals surface area contributed by atoms with E-state index in [4.69, 9.17) is 0 Å². The van der Waals surface area contributed by atoms with Crippen LogP contribution in [0, 0.1) is 5.92 Å². The average Bonchev–Trinajstić information content (AvgIpc) is 3.33. The first-order valence-electron chi connectivity index (χ1n) is 11.9. The Morgan fingerprint density at radius 2 is 1.72 bits per heavy atom. The molecule has 2 atom stereocenters. The minimum absolute atomic E-state index is 0.106. The number of methoxy groups -OCH3 is 1. The number of carbonyl (C=O) groups excluding carboxylic acids is 3. The third-order valence-corrected chi connectivity index (χ3v) is 6.80. The number of ether oxygens (including phenoxy) is 1. The van der Waals surface area contributed by atoms with E-state index in [0.717, 1.165) is 25.7 Å². The molecule has 2 amide bonds. The fourth-order valence-corrected chi connectivity index (χ4v) is 4.94. The molecule has 1 aliphatic carbocycles. The molecular formula is C25H37N3O4. The Morgan fingerprint density at radius 1 is 1.06 bits per heavy atom. The summed E-state index contributed by atoms with van der Waals surface area (Å²) in [7, 11) is 1.29. The zero-order valence-electron chi connectivity index (χ0n) is 19.4. The van der Waals surface area contributed by atoms with E-state index in [1.54, 1.807) is 4.90 Å². The SMILES string of the molecule is COC(=O)CC(=O)N1CCN(C(C(=O)NC(C)CCc2ccccc2)C2CCCC2)CC1. The van der Waals surface area contributed by atoms with Gasteiger partial charge in [-0.05, 0) is 44.1 Å². The predicted molar refractivity (Wildman–Crippen MR) is 123 cm³/mol. The summed E-state index contributed by atoms with van der Waals surface area (Å²) in [4.78, 5) is 41.0. The topological polar surface area (TPSA) is 79.0 Å². The van der Waals surface area contributed by atoms with Gasteiger partial charge in [-0.2, -0.15) is 0 Å². The van der Waals surface area contributed by atoms with Crippen molar-refractivity contribution in [1.29, 1.82) is 0 Å². The van der Waals surface area contributed by atoms with E-state index in [1.165, 1.54) is 25.5 Å². The fourth-order valence-electron chi connectivity index (χ4n) is 4.94. The molecule has 1 saturated heterocycles. The smallest absolute Gasteiger partial charge is 0.315 e. The summed E-state index contributed by atoms with van der Waals surface area (Å²) in [6.45, 7) is 4.46. The third kappa shape index (κ3) is 6.79. The Hall–Kier alpha value is -2.41. The maximum atomic E-state index is 13.4. The highest BCUT2D eigenvalue weighted by atomic mass is 16.5. The van der Waals surface area contributed by atoms with Crippen molar-refractivity contribution < 1.29 is 19.1 Å². The summed E-state index contributed by atoms with van der Waals surface area (Å²) in [5.74, 6) is -0.224. The zero-order valence-corrected chi connectivity index (χ0v) is 19.4. The van der Waals surface area contributed by atoms with Gasteiger partial charge >= 0.3 is 5.97 Å². The van der Waals surface area contributed by atoms with Crippen LogP contribution in [-0.4, -0.2) is 73.0 Å². The van der Waals surface area contributed by atoms with Crippen LogP contribution in [0.25, 0.3) is 0 Å². The van der Waals surface area contributed by atoms with E-state index in [-0.39, 0.29) is 30.3 Å². The first kappa shape index (κ1) is 24.2. The van der Waals surface area contributed by atoms with Crippen molar-refractivity contribution in [2.75, 3.05) is 33.3 Å². The van der Waals surface area contributed by atoms with E-state index in [9.17, 15) is 14.4 Å². The normalized spacial score (nSPS) is 19.4. The van der Waals surface area contributed by atoms with Gasteiger partial charge < -0.3 is 15.0 Å². The number of esters is 1. The van der Waals surface area contributed by atoms with Crippen molar-refractivity contribution in [3.63, 3.8) is 0 Å². The van der Waals surface area contributed by atoms with Gasteiger partial charge in [0.25, 0.3) is 0 Å². The monoisotopic (exact) mass is 443 g/mol. The van der Waals surface area contributed by atoms with Gasteiger partial charge in [0, 0.05) is 32.2 Å². The van der Waals surface area contributed by atoms with Crippen LogP contribution in [0.4, 0.5) is 0 Å². The van der Waals surface area contributed by atoms with Crippen LogP contribution in [-0.2, 0) is 25.5 Å². The number of piperazine rings is 1. The number of rotatable bonds is 9. The molecule has 1 aromatic rings. The summed E-state index contributed by atoms with van der Waals surface area (Å²) >= 11 is 0. The molecular weight excluding hydrogens is 406 g/mol. The number of amides is 2. The van der Waals surface area contributed by atoms with Gasteiger partial charge in [-0.1, -0.05) is 43.2 Å². The molecule has 1 saturated carbocycles. The average molecular weight is 444 g/mol. The second-order valence-electron chi connectivity index (χ2n) is 9.09. The van der Waals surface area contributed by atoms with Gasteiger partial charge in [-0.25, -0.2) is 0 Å². The van der Waals surface area contributed by atoms with Crippen LogP contribution in [0.1, 0.15) is 51.0 Å². The van der Waals surface area contributed by atoms with E-state index in [1.807, 2.05) is 18.2 Å². The second-order valence-corrected chi connectivity index (χ2v) is 9.09. The molecule has 1 N–H and O–H groups in total. The molecule has 2 aliphatic rings. The molecule has 7 heteroatoms. The molecule has 3 rings (SSSR count). The van der Waals surface area contributed by atoms with Crippen LogP contribution in [0.5, 0.6) is 0 Å². The lowest BCUT2D eigenvalue weighted by molar-refractivity contribution is -0.147.